The zero-order valence-corrected chi connectivity index (χ0v) is 18.4. The molecule has 0 N–H and O–H groups in total. The van der Waals surface area contributed by atoms with Crippen molar-refractivity contribution < 1.29 is 9.22 Å². The highest BCUT2D eigenvalue weighted by Crippen LogP contribution is 2.41. The highest BCUT2D eigenvalue weighted by atomic mass is 28.4. The molecule has 1 atom stereocenters. The molecule has 1 aromatic rings. The molecule has 0 radical (unpaired) electrons. The first-order valence-corrected chi connectivity index (χ1v) is 12.5. The van der Waals surface area contributed by atoms with Gasteiger partial charge in [-0.1, -0.05) is 75.4 Å². The summed E-state index contributed by atoms with van der Waals surface area (Å²) in [4.78, 5) is 12.5. The van der Waals surface area contributed by atoms with Crippen LogP contribution in [-0.4, -0.2) is 20.2 Å². The Balaban J connectivity index is 2.15. The molecule has 142 valence electrons. The first kappa shape index (κ1) is 20.9. The highest BCUT2D eigenvalue weighted by Gasteiger charge is 2.41. The molecule has 1 aliphatic carbocycles. The van der Waals surface area contributed by atoms with Crippen molar-refractivity contribution in [2.75, 3.05) is 0 Å². The van der Waals surface area contributed by atoms with Gasteiger partial charge in [-0.3, -0.25) is 4.79 Å². The van der Waals surface area contributed by atoms with E-state index in [0.717, 1.165) is 0 Å². The molecule has 0 amide bonds. The molecule has 0 spiro atoms. The molecule has 0 fully saturated rings. The van der Waals surface area contributed by atoms with Crippen LogP contribution < -0.4 is 0 Å². The number of allylic oxidation sites excluding steroid dienone is 4. The second-order valence-corrected chi connectivity index (χ2v) is 13.9. The summed E-state index contributed by atoms with van der Waals surface area (Å²) in [6.07, 6.45) is 9.26. The van der Waals surface area contributed by atoms with Gasteiger partial charge in [0.15, 0.2) is 8.32 Å². The van der Waals surface area contributed by atoms with Gasteiger partial charge in [-0.05, 0) is 44.0 Å². The van der Waals surface area contributed by atoms with Gasteiger partial charge in [0.25, 0.3) is 0 Å². The number of hydrogen-bond acceptors (Lipinski definition) is 2. The molecule has 1 aliphatic rings. The van der Waals surface area contributed by atoms with Crippen LogP contribution in [0.3, 0.4) is 0 Å². The molecular formula is C23H34O2Si. The molecule has 0 saturated heterocycles. The topological polar surface area (TPSA) is 26.3 Å². The van der Waals surface area contributed by atoms with Crippen molar-refractivity contribution in [1.29, 1.82) is 0 Å². The van der Waals surface area contributed by atoms with Crippen molar-refractivity contribution in [2.45, 2.75) is 71.2 Å². The fourth-order valence-corrected chi connectivity index (χ4v) is 4.72. The molecule has 0 aliphatic heterocycles. The van der Waals surface area contributed by atoms with Gasteiger partial charge in [-0.2, -0.15) is 0 Å². The van der Waals surface area contributed by atoms with Crippen molar-refractivity contribution in [3.63, 3.8) is 0 Å². The van der Waals surface area contributed by atoms with Crippen LogP contribution in [0.1, 0.15) is 52.5 Å². The summed E-state index contributed by atoms with van der Waals surface area (Å²) in [6.45, 7) is 15.1. The zero-order valence-electron chi connectivity index (χ0n) is 17.4. The Morgan fingerprint density at radius 1 is 1.15 bits per heavy atom. The summed E-state index contributed by atoms with van der Waals surface area (Å²) >= 11 is 0. The third kappa shape index (κ3) is 4.63. The van der Waals surface area contributed by atoms with Gasteiger partial charge in [0.2, 0.25) is 0 Å². The molecule has 1 aromatic carbocycles. The second kappa shape index (κ2) is 7.65. The highest BCUT2D eigenvalue weighted by molar-refractivity contribution is 6.74. The minimum absolute atomic E-state index is 0.0439. The maximum absolute atomic E-state index is 12.5. The molecule has 1 unspecified atom stereocenters. The van der Waals surface area contributed by atoms with Crippen LogP contribution in [0.4, 0.5) is 0 Å². The molecule has 2 rings (SSSR count). The van der Waals surface area contributed by atoms with E-state index < -0.39 is 13.7 Å². The Morgan fingerprint density at radius 3 is 2.15 bits per heavy atom. The summed E-state index contributed by atoms with van der Waals surface area (Å²) in [5, 5.41) is 0.168. The molecule has 26 heavy (non-hydrogen) atoms. The van der Waals surface area contributed by atoms with E-state index in [4.69, 9.17) is 4.43 Å². The van der Waals surface area contributed by atoms with E-state index in [1.165, 1.54) is 5.56 Å². The molecular weight excluding hydrogens is 336 g/mol. The lowest BCUT2D eigenvalue weighted by atomic mass is 9.74. The van der Waals surface area contributed by atoms with Crippen LogP contribution in [0.2, 0.25) is 18.1 Å². The van der Waals surface area contributed by atoms with Crippen molar-refractivity contribution in [3.8, 4) is 0 Å². The van der Waals surface area contributed by atoms with Gasteiger partial charge in [-0.25, -0.2) is 0 Å². The predicted octanol–water partition coefficient (Wildman–Crippen LogP) is 6.27. The fourth-order valence-electron chi connectivity index (χ4n) is 3.28. The van der Waals surface area contributed by atoms with Crippen molar-refractivity contribution in [1.82, 2.24) is 0 Å². The van der Waals surface area contributed by atoms with Crippen LogP contribution in [0.5, 0.6) is 0 Å². The third-order valence-electron chi connectivity index (χ3n) is 5.97. The molecule has 3 heteroatoms. The van der Waals surface area contributed by atoms with Crippen molar-refractivity contribution in [2.24, 2.45) is 5.41 Å². The lowest BCUT2D eigenvalue weighted by molar-refractivity contribution is -0.123. The van der Waals surface area contributed by atoms with E-state index in [1.54, 1.807) is 6.92 Å². The predicted molar refractivity (Wildman–Crippen MR) is 113 cm³/mol. The Kier molecular flexibility index (Phi) is 6.14. The van der Waals surface area contributed by atoms with Crippen LogP contribution in [0.15, 0.2) is 54.6 Å². The third-order valence-corrected chi connectivity index (χ3v) is 10.6. The number of benzene rings is 1. The minimum atomic E-state index is -1.85. The summed E-state index contributed by atoms with van der Waals surface area (Å²) in [5.41, 5.74) is 0.704. The van der Waals surface area contributed by atoms with E-state index in [-0.39, 0.29) is 22.8 Å². The maximum Gasteiger partial charge on any atom is 0.192 e. The van der Waals surface area contributed by atoms with Crippen molar-refractivity contribution in [3.05, 3.63) is 60.2 Å². The van der Waals surface area contributed by atoms with E-state index in [1.807, 2.05) is 6.07 Å². The van der Waals surface area contributed by atoms with Gasteiger partial charge in [0.1, 0.15) is 5.78 Å². The summed E-state index contributed by atoms with van der Waals surface area (Å²) < 4.78 is 6.51. The average Bonchev–Trinajstić information content (AvgIpc) is 2.54. The summed E-state index contributed by atoms with van der Waals surface area (Å²) in [6, 6.07) is 10.4. The maximum atomic E-state index is 12.5. The lowest BCUT2D eigenvalue weighted by Crippen LogP contribution is -2.44. The summed E-state index contributed by atoms with van der Waals surface area (Å²) in [5.74, 6) is 0.419. The Morgan fingerprint density at radius 2 is 1.69 bits per heavy atom. The lowest BCUT2D eigenvalue weighted by Gasteiger charge is -2.40. The number of ketones is 1. The molecule has 0 saturated carbocycles. The largest absolute Gasteiger partial charge is 0.414 e. The van der Waals surface area contributed by atoms with Crippen molar-refractivity contribution >= 4 is 14.1 Å². The van der Waals surface area contributed by atoms with Gasteiger partial charge in [0, 0.05) is 12.0 Å². The van der Waals surface area contributed by atoms with Gasteiger partial charge in [-0.15, -0.1) is 0 Å². The zero-order chi connectivity index (χ0) is 19.6. The van der Waals surface area contributed by atoms with Gasteiger partial charge in [0.05, 0.1) is 5.41 Å². The normalized spacial score (nSPS) is 24.5. The van der Waals surface area contributed by atoms with Gasteiger partial charge < -0.3 is 4.43 Å². The molecule has 2 nitrogen and oxygen atoms in total. The summed E-state index contributed by atoms with van der Waals surface area (Å²) in [7, 11) is -1.85. The van der Waals surface area contributed by atoms with Crippen LogP contribution in [-0.2, 0) is 9.22 Å². The standard InChI is InChI=1S/C23H34O2Si/c1-18(25-26(6,7)22(3,4)5)17-23(19(2)24)15-13-21(14-16-23)20-11-9-8-10-12-20/h8-16,18,21H,17H2,1-7H3. The number of Topliss-reactive ketones (excluding diaryl/α,β-unsaturated/α-hetero) is 1. The molecule has 0 aromatic heterocycles. The van der Waals surface area contributed by atoms with Crippen LogP contribution in [0.25, 0.3) is 0 Å². The smallest absolute Gasteiger partial charge is 0.192 e. The Bertz CT molecular complexity index is 666. The monoisotopic (exact) mass is 370 g/mol. The first-order valence-electron chi connectivity index (χ1n) is 9.59. The van der Waals surface area contributed by atoms with E-state index in [9.17, 15) is 4.79 Å². The number of carbonyl (C=O) groups is 1. The number of hydrogen-bond donors (Lipinski definition) is 0. The molecule has 0 heterocycles. The van der Waals surface area contributed by atoms with E-state index in [0.29, 0.717) is 6.42 Å². The van der Waals surface area contributed by atoms with Crippen LogP contribution >= 0.6 is 0 Å². The number of carbonyl (C=O) groups excluding carboxylic acids is 1. The first-order chi connectivity index (χ1) is 12.0. The SMILES string of the molecule is CC(=O)C1(CC(C)O[Si](C)(C)C(C)(C)C)C=CC(c2ccccc2)C=C1. The Labute approximate surface area is 160 Å². The van der Waals surface area contributed by atoms with Crippen LogP contribution in [0, 0.1) is 5.41 Å². The quantitative estimate of drug-likeness (QED) is 0.435. The van der Waals surface area contributed by atoms with Gasteiger partial charge >= 0.3 is 0 Å². The Hall–Kier alpha value is -1.45. The average molecular weight is 371 g/mol. The van der Waals surface area contributed by atoms with E-state index in [2.05, 4.69) is 89.4 Å². The second-order valence-electron chi connectivity index (χ2n) is 9.14. The number of rotatable bonds is 6. The van der Waals surface area contributed by atoms with E-state index >= 15 is 0 Å². The molecule has 0 bridgehead atoms. The fraction of sp³-hybridized carbons (Fsp3) is 0.522. The minimum Gasteiger partial charge on any atom is -0.414 e.